The van der Waals surface area contributed by atoms with E-state index in [1.165, 1.54) is 0 Å². The predicted molar refractivity (Wildman–Crippen MR) is 73.5 cm³/mol. The van der Waals surface area contributed by atoms with Gasteiger partial charge in [-0.1, -0.05) is 12.1 Å². The molecule has 0 radical (unpaired) electrons. The van der Waals surface area contributed by atoms with E-state index in [1.54, 1.807) is 6.33 Å². The highest BCUT2D eigenvalue weighted by Crippen LogP contribution is 2.12. The first-order chi connectivity index (χ1) is 9.20. The summed E-state index contributed by atoms with van der Waals surface area (Å²) in [4.78, 5) is 4.25. The zero-order valence-electron chi connectivity index (χ0n) is 11.2. The van der Waals surface area contributed by atoms with Gasteiger partial charge in [0.05, 0.1) is 19.0 Å². The van der Waals surface area contributed by atoms with Gasteiger partial charge in [0.15, 0.2) is 0 Å². The van der Waals surface area contributed by atoms with Crippen molar-refractivity contribution in [2.45, 2.75) is 32.9 Å². The van der Waals surface area contributed by atoms with Gasteiger partial charge in [-0.25, -0.2) is 9.67 Å². The maximum Gasteiger partial charge on any atom is 0.146 e. The van der Waals surface area contributed by atoms with Gasteiger partial charge in [0, 0.05) is 11.7 Å². The van der Waals surface area contributed by atoms with Crippen LogP contribution in [0.1, 0.15) is 31.3 Å². The minimum Gasteiger partial charge on any atom is -0.378 e. The van der Waals surface area contributed by atoms with Crippen molar-refractivity contribution in [1.29, 1.82) is 5.26 Å². The van der Waals surface area contributed by atoms with Crippen molar-refractivity contribution >= 4 is 5.69 Å². The van der Waals surface area contributed by atoms with Crippen molar-refractivity contribution in [2.24, 2.45) is 0 Å². The molecule has 0 bridgehead atoms. The summed E-state index contributed by atoms with van der Waals surface area (Å²) in [6.07, 6.45) is 2.02. The topological polar surface area (TPSA) is 66.5 Å². The number of hydrogen-bond donors (Lipinski definition) is 1. The summed E-state index contributed by atoms with van der Waals surface area (Å²) in [6, 6.07) is 10.3. The fraction of sp³-hybridized carbons (Fsp3) is 0.357. The van der Waals surface area contributed by atoms with Crippen molar-refractivity contribution in [3.8, 4) is 6.07 Å². The Balaban J connectivity index is 1.98. The van der Waals surface area contributed by atoms with Crippen molar-refractivity contribution in [1.82, 2.24) is 14.8 Å². The van der Waals surface area contributed by atoms with Crippen LogP contribution in [0.4, 0.5) is 5.69 Å². The monoisotopic (exact) mass is 255 g/mol. The number of anilines is 1. The molecule has 0 aliphatic rings. The molecule has 5 heteroatoms. The standard InChI is InChI=1S/C14H17N5/c1-11(2)19-14(17-10-18-19)9-16-13-5-3-12(4-6-13)7-8-15/h3-6,10-11,16H,7,9H2,1-2H3. The first kappa shape index (κ1) is 13.1. The van der Waals surface area contributed by atoms with E-state index in [0.717, 1.165) is 17.1 Å². The molecule has 0 aliphatic heterocycles. The van der Waals surface area contributed by atoms with Crippen LogP contribution in [0, 0.1) is 11.3 Å². The number of hydrogen-bond acceptors (Lipinski definition) is 4. The number of benzene rings is 1. The largest absolute Gasteiger partial charge is 0.378 e. The van der Waals surface area contributed by atoms with Crippen LogP contribution in [0.5, 0.6) is 0 Å². The Morgan fingerprint density at radius 2 is 2.05 bits per heavy atom. The summed E-state index contributed by atoms with van der Waals surface area (Å²) in [5.41, 5.74) is 2.04. The molecule has 0 fully saturated rings. The van der Waals surface area contributed by atoms with Crippen molar-refractivity contribution in [2.75, 3.05) is 5.32 Å². The minimum atomic E-state index is 0.303. The summed E-state index contributed by atoms with van der Waals surface area (Å²) >= 11 is 0. The lowest BCUT2D eigenvalue weighted by molar-refractivity contribution is 0.509. The van der Waals surface area contributed by atoms with Gasteiger partial charge in [-0.05, 0) is 31.5 Å². The second-order valence-corrected chi connectivity index (χ2v) is 4.60. The van der Waals surface area contributed by atoms with Gasteiger partial charge in [-0.2, -0.15) is 10.4 Å². The lowest BCUT2D eigenvalue weighted by Gasteiger charge is -2.11. The molecule has 19 heavy (non-hydrogen) atoms. The van der Waals surface area contributed by atoms with E-state index in [4.69, 9.17) is 5.26 Å². The van der Waals surface area contributed by atoms with Crippen LogP contribution in [0.2, 0.25) is 0 Å². The molecule has 2 aromatic rings. The van der Waals surface area contributed by atoms with E-state index >= 15 is 0 Å². The van der Waals surface area contributed by atoms with Gasteiger partial charge in [0.2, 0.25) is 0 Å². The van der Waals surface area contributed by atoms with E-state index < -0.39 is 0 Å². The van der Waals surface area contributed by atoms with E-state index in [-0.39, 0.29) is 0 Å². The van der Waals surface area contributed by atoms with Crippen LogP contribution in [-0.2, 0) is 13.0 Å². The molecular formula is C14H17N5. The molecular weight excluding hydrogens is 238 g/mol. The summed E-state index contributed by atoms with van der Waals surface area (Å²) in [7, 11) is 0. The number of nitriles is 1. The van der Waals surface area contributed by atoms with Gasteiger partial charge >= 0.3 is 0 Å². The molecule has 0 aliphatic carbocycles. The van der Waals surface area contributed by atoms with Crippen molar-refractivity contribution < 1.29 is 0 Å². The Labute approximate surface area is 112 Å². The zero-order chi connectivity index (χ0) is 13.7. The molecule has 0 spiro atoms. The third kappa shape index (κ3) is 3.32. The summed E-state index contributed by atoms with van der Waals surface area (Å²) in [6.45, 7) is 4.79. The quantitative estimate of drug-likeness (QED) is 0.891. The highest BCUT2D eigenvalue weighted by atomic mass is 15.3. The second-order valence-electron chi connectivity index (χ2n) is 4.60. The van der Waals surface area contributed by atoms with Crippen LogP contribution in [0.15, 0.2) is 30.6 Å². The predicted octanol–water partition coefficient (Wildman–Crippen LogP) is 2.54. The van der Waals surface area contributed by atoms with E-state index in [9.17, 15) is 0 Å². The van der Waals surface area contributed by atoms with Crippen LogP contribution >= 0.6 is 0 Å². The summed E-state index contributed by atoms with van der Waals surface area (Å²) in [5.74, 6) is 0.913. The highest BCUT2D eigenvalue weighted by Gasteiger charge is 2.06. The molecule has 2 rings (SSSR count). The Hall–Kier alpha value is -2.35. The highest BCUT2D eigenvalue weighted by molar-refractivity contribution is 5.45. The third-order valence-corrected chi connectivity index (χ3v) is 2.82. The van der Waals surface area contributed by atoms with Crippen LogP contribution in [0.25, 0.3) is 0 Å². The molecule has 1 heterocycles. The number of rotatable bonds is 5. The average molecular weight is 255 g/mol. The molecule has 0 saturated carbocycles. The zero-order valence-corrected chi connectivity index (χ0v) is 11.2. The van der Waals surface area contributed by atoms with Gasteiger partial charge < -0.3 is 5.32 Å². The molecule has 0 saturated heterocycles. The minimum absolute atomic E-state index is 0.303. The Morgan fingerprint density at radius 1 is 1.32 bits per heavy atom. The molecule has 0 atom stereocenters. The smallest absolute Gasteiger partial charge is 0.146 e. The number of nitrogens with one attached hydrogen (secondary N) is 1. The molecule has 98 valence electrons. The summed E-state index contributed by atoms with van der Waals surface area (Å²) < 4.78 is 1.90. The van der Waals surface area contributed by atoms with Crippen molar-refractivity contribution in [3.63, 3.8) is 0 Å². The second kappa shape index (κ2) is 6.01. The molecule has 1 aromatic heterocycles. The first-order valence-corrected chi connectivity index (χ1v) is 6.29. The third-order valence-electron chi connectivity index (χ3n) is 2.82. The molecule has 0 amide bonds. The number of aromatic nitrogens is 3. The molecule has 5 nitrogen and oxygen atoms in total. The molecule has 1 N–H and O–H groups in total. The Bertz CT molecular complexity index is 562. The first-order valence-electron chi connectivity index (χ1n) is 6.29. The maximum atomic E-state index is 8.62. The fourth-order valence-corrected chi connectivity index (χ4v) is 1.84. The molecule has 1 aromatic carbocycles. The van der Waals surface area contributed by atoms with Gasteiger partial charge in [0.1, 0.15) is 12.2 Å². The van der Waals surface area contributed by atoms with Crippen LogP contribution < -0.4 is 5.32 Å². The van der Waals surface area contributed by atoms with Gasteiger partial charge in [-0.15, -0.1) is 0 Å². The Morgan fingerprint density at radius 3 is 2.68 bits per heavy atom. The van der Waals surface area contributed by atoms with E-state index in [2.05, 4.69) is 35.3 Å². The fourth-order valence-electron chi connectivity index (χ4n) is 1.84. The van der Waals surface area contributed by atoms with Crippen LogP contribution in [0.3, 0.4) is 0 Å². The lowest BCUT2D eigenvalue weighted by atomic mass is 10.1. The van der Waals surface area contributed by atoms with Gasteiger partial charge in [-0.3, -0.25) is 0 Å². The maximum absolute atomic E-state index is 8.62. The summed E-state index contributed by atoms with van der Waals surface area (Å²) in [5, 5.41) is 16.1. The van der Waals surface area contributed by atoms with Gasteiger partial charge in [0.25, 0.3) is 0 Å². The van der Waals surface area contributed by atoms with Crippen molar-refractivity contribution in [3.05, 3.63) is 42.0 Å². The SMILES string of the molecule is CC(C)n1ncnc1CNc1ccc(CC#N)cc1. The Kier molecular flexibility index (Phi) is 4.14. The lowest BCUT2D eigenvalue weighted by Crippen LogP contribution is -2.12. The average Bonchev–Trinajstić information content (AvgIpc) is 2.87. The number of nitrogens with zero attached hydrogens (tertiary/aromatic N) is 4. The molecule has 0 unspecified atom stereocenters. The van der Waals surface area contributed by atoms with E-state index in [0.29, 0.717) is 19.0 Å². The van der Waals surface area contributed by atoms with Crippen LogP contribution in [-0.4, -0.2) is 14.8 Å². The van der Waals surface area contributed by atoms with E-state index in [1.807, 2.05) is 28.9 Å². The normalized spacial score (nSPS) is 10.4.